The van der Waals surface area contributed by atoms with Crippen molar-refractivity contribution in [2.24, 2.45) is 0 Å². The highest BCUT2D eigenvalue weighted by Crippen LogP contribution is 2.32. The molecule has 3 aromatic rings. The molecule has 8 heteroatoms. The van der Waals surface area contributed by atoms with Gasteiger partial charge >= 0.3 is 0 Å². The molecule has 2 unspecified atom stereocenters. The van der Waals surface area contributed by atoms with Crippen LogP contribution in [0.5, 0.6) is 0 Å². The van der Waals surface area contributed by atoms with Crippen LogP contribution in [0.25, 0.3) is 11.0 Å². The van der Waals surface area contributed by atoms with E-state index in [1.807, 2.05) is 36.1 Å². The third kappa shape index (κ3) is 1.87. The Labute approximate surface area is 131 Å². The zero-order valence-electron chi connectivity index (χ0n) is 11.7. The Balaban J connectivity index is 1.77. The van der Waals surface area contributed by atoms with Crippen LogP contribution in [0.1, 0.15) is 29.3 Å². The van der Waals surface area contributed by atoms with E-state index in [0.29, 0.717) is 11.5 Å². The Morgan fingerprint density at radius 3 is 3.00 bits per heavy atom. The number of benzene rings is 1. The second-order valence-corrected chi connectivity index (χ2v) is 5.66. The van der Waals surface area contributed by atoms with E-state index in [1.54, 1.807) is 0 Å². The molecule has 1 aliphatic rings. The van der Waals surface area contributed by atoms with Crippen molar-refractivity contribution in [3.63, 3.8) is 0 Å². The van der Waals surface area contributed by atoms with E-state index in [2.05, 4.69) is 37.9 Å². The Morgan fingerprint density at radius 2 is 2.18 bits per heavy atom. The number of amides is 1. The van der Waals surface area contributed by atoms with Crippen molar-refractivity contribution in [2.75, 3.05) is 4.90 Å². The highest BCUT2D eigenvalue weighted by atomic mass is 32.1. The summed E-state index contributed by atoms with van der Waals surface area (Å²) < 4.78 is 0. The molecule has 0 aliphatic carbocycles. The molecular weight excluding hydrogens is 300 g/mol. The summed E-state index contributed by atoms with van der Waals surface area (Å²) in [5.41, 5.74) is 1.85. The first-order chi connectivity index (χ1) is 10.6. The number of thiol groups is 1. The van der Waals surface area contributed by atoms with Crippen molar-refractivity contribution in [2.45, 2.75) is 18.5 Å². The number of anilines is 1. The van der Waals surface area contributed by atoms with Crippen LogP contribution in [0.2, 0.25) is 0 Å². The van der Waals surface area contributed by atoms with Gasteiger partial charge in [-0.2, -0.15) is 0 Å². The van der Waals surface area contributed by atoms with Crippen LogP contribution in [0, 0.1) is 0 Å². The highest BCUT2D eigenvalue weighted by Gasteiger charge is 2.35. The molecule has 22 heavy (non-hydrogen) atoms. The number of aromatic amines is 2. The molecule has 0 radical (unpaired) electrons. The van der Waals surface area contributed by atoms with Gasteiger partial charge in [0.2, 0.25) is 0 Å². The number of para-hydroxylation sites is 2. The first kappa shape index (κ1) is 13.2. The summed E-state index contributed by atoms with van der Waals surface area (Å²) in [7, 11) is 0. The number of hydrogen-bond acceptors (Lipinski definition) is 5. The van der Waals surface area contributed by atoms with Crippen LogP contribution >= 0.6 is 12.6 Å². The first-order valence-corrected chi connectivity index (χ1v) is 7.42. The minimum absolute atomic E-state index is 0.127. The Morgan fingerprint density at radius 1 is 1.36 bits per heavy atom. The zero-order valence-corrected chi connectivity index (χ0v) is 12.6. The molecule has 0 saturated heterocycles. The van der Waals surface area contributed by atoms with Gasteiger partial charge in [-0.3, -0.25) is 4.79 Å². The maximum atomic E-state index is 11.9. The van der Waals surface area contributed by atoms with Gasteiger partial charge in [-0.1, -0.05) is 12.1 Å². The summed E-state index contributed by atoms with van der Waals surface area (Å²) in [6.45, 7) is 2.00. The van der Waals surface area contributed by atoms with Gasteiger partial charge in [0.05, 0.1) is 23.4 Å². The minimum Gasteiger partial charge on any atom is -0.340 e. The van der Waals surface area contributed by atoms with Crippen molar-refractivity contribution in [1.82, 2.24) is 25.3 Å². The normalized spacial score (nSPS) is 19.1. The minimum atomic E-state index is -0.466. The van der Waals surface area contributed by atoms with Gasteiger partial charge in [0.1, 0.15) is 17.0 Å². The number of hydrogen-bond donors (Lipinski definition) is 4. The van der Waals surface area contributed by atoms with Gasteiger partial charge in [0.25, 0.3) is 5.91 Å². The van der Waals surface area contributed by atoms with Gasteiger partial charge in [0, 0.05) is 0 Å². The molecule has 2 aromatic heterocycles. The number of imidazole rings is 2. The maximum Gasteiger partial charge on any atom is 0.273 e. The van der Waals surface area contributed by atoms with E-state index in [0.717, 1.165) is 16.9 Å². The third-order valence-electron chi connectivity index (χ3n) is 3.84. The molecule has 0 saturated carbocycles. The third-order valence-corrected chi connectivity index (χ3v) is 4.21. The van der Waals surface area contributed by atoms with Crippen LogP contribution in [0.15, 0.2) is 30.6 Å². The molecule has 1 aromatic carbocycles. The summed E-state index contributed by atoms with van der Waals surface area (Å²) in [6, 6.07) is 7.72. The molecule has 3 heterocycles. The number of aromatic nitrogens is 4. The molecule has 1 aliphatic heterocycles. The SMILES string of the molecule is CC(c1nc2ccccc2[nH]1)N1c2nc[nH]c2C(=O)NC1S. The van der Waals surface area contributed by atoms with Gasteiger partial charge < -0.3 is 20.2 Å². The molecule has 7 nitrogen and oxygen atoms in total. The van der Waals surface area contributed by atoms with Crippen molar-refractivity contribution in [3.8, 4) is 0 Å². The fraction of sp³-hybridized carbons (Fsp3) is 0.214. The van der Waals surface area contributed by atoms with Crippen LogP contribution in [-0.4, -0.2) is 31.3 Å². The van der Waals surface area contributed by atoms with Crippen molar-refractivity contribution in [3.05, 3.63) is 42.1 Å². The number of carbonyl (C=O) groups excluding carboxylic acids is 1. The smallest absolute Gasteiger partial charge is 0.273 e. The number of fused-ring (bicyclic) bond motifs is 2. The second kappa shape index (κ2) is 4.77. The predicted molar refractivity (Wildman–Crippen MR) is 85.8 cm³/mol. The van der Waals surface area contributed by atoms with Crippen LogP contribution < -0.4 is 10.2 Å². The van der Waals surface area contributed by atoms with Crippen LogP contribution in [-0.2, 0) is 0 Å². The first-order valence-electron chi connectivity index (χ1n) is 6.90. The lowest BCUT2D eigenvalue weighted by Gasteiger charge is -2.36. The lowest BCUT2D eigenvalue weighted by Crippen LogP contribution is -2.51. The molecule has 1 amide bonds. The highest BCUT2D eigenvalue weighted by molar-refractivity contribution is 7.81. The van der Waals surface area contributed by atoms with E-state index in [4.69, 9.17) is 0 Å². The molecule has 112 valence electrons. The molecule has 0 spiro atoms. The summed E-state index contributed by atoms with van der Waals surface area (Å²) >= 11 is 4.47. The van der Waals surface area contributed by atoms with E-state index < -0.39 is 5.50 Å². The van der Waals surface area contributed by atoms with Gasteiger partial charge in [0.15, 0.2) is 5.82 Å². The number of nitrogens with zero attached hydrogens (tertiary/aromatic N) is 3. The van der Waals surface area contributed by atoms with Crippen molar-refractivity contribution >= 4 is 35.4 Å². The average Bonchev–Trinajstić information content (AvgIpc) is 3.13. The van der Waals surface area contributed by atoms with E-state index in [1.165, 1.54) is 6.33 Å². The summed E-state index contributed by atoms with van der Waals surface area (Å²) in [6.07, 6.45) is 1.51. The number of rotatable bonds is 2. The molecule has 0 bridgehead atoms. The van der Waals surface area contributed by atoms with Crippen molar-refractivity contribution < 1.29 is 4.79 Å². The standard InChI is InChI=1S/C14H14N6OS/c1-7(11-17-8-4-2-3-5-9(8)18-11)20-12-10(15-6-16-12)13(21)19-14(20)22/h2-7,14,22H,1H3,(H,15,16)(H,17,18)(H,19,21). The summed E-state index contributed by atoms with van der Waals surface area (Å²) in [4.78, 5) is 28.9. The Bertz CT molecular complexity index is 823. The van der Waals surface area contributed by atoms with Crippen molar-refractivity contribution in [1.29, 1.82) is 0 Å². The summed E-state index contributed by atoms with van der Waals surface area (Å²) in [5, 5.41) is 2.79. The van der Waals surface area contributed by atoms with E-state index >= 15 is 0 Å². The fourth-order valence-corrected chi connectivity index (χ4v) is 3.15. The number of carbonyl (C=O) groups is 1. The fourth-order valence-electron chi connectivity index (χ4n) is 2.72. The largest absolute Gasteiger partial charge is 0.340 e. The lowest BCUT2D eigenvalue weighted by atomic mass is 10.2. The number of nitrogens with one attached hydrogen (secondary N) is 3. The van der Waals surface area contributed by atoms with Gasteiger partial charge in [-0.25, -0.2) is 9.97 Å². The zero-order chi connectivity index (χ0) is 15.3. The molecular formula is C14H14N6OS. The Hall–Kier alpha value is -2.48. The second-order valence-electron chi connectivity index (χ2n) is 5.17. The molecule has 0 fully saturated rings. The topological polar surface area (TPSA) is 89.7 Å². The summed E-state index contributed by atoms with van der Waals surface area (Å²) in [5.74, 6) is 1.17. The molecule has 3 N–H and O–H groups in total. The monoisotopic (exact) mass is 314 g/mol. The number of H-pyrrole nitrogens is 2. The lowest BCUT2D eigenvalue weighted by molar-refractivity contribution is 0.0936. The van der Waals surface area contributed by atoms with E-state index in [-0.39, 0.29) is 11.9 Å². The van der Waals surface area contributed by atoms with Crippen LogP contribution in [0.4, 0.5) is 5.82 Å². The predicted octanol–water partition coefficient (Wildman–Crippen LogP) is 1.81. The van der Waals surface area contributed by atoms with E-state index in [9.17, 15) is 4.79 Å². The van der Waals surface area contributed by atoms with Gasteiger partial charge in [-0.15, -0.1) is 12.6 Å². The van der Waals surface area contributed by atoms with Gasteiger partial charge in [-0.05, 0) is 19.1 Å². The average molecular weight is 314 g/mol. The Kier molecular flexibility index (Phi) is 2.86. The maximum absolute atomic E-state index is 11.9. The molecule has 2 atom stereocenters. The van der Waals surface area contributed by atoms with Crippen LogP contribution in [0.3, 0.4) is 0 Å². The quantitative estimate of drug-likeness (QED) is 0.543. The molecule has 4 rings (SSSR count).